The Bertz CT molecular complexity index is 1360. The van der Waals surface area contributed by atoms with Gasteiger partial charge in [0.15, 0.2) is 17.5 Å². The number of hydrogen-bond acceptors (Lipinski definition) is 4. The molecule has 38 heavy (non-hydrogen) atoms. The van der Waals surface area contributed by atoms with Gasteiger partial charge in [0.25, 0.3) is 5.91 Å². The number of halogens is 3. The van der Waals surface area contributed by atoms with Crippen LogP contribution in [-0.4, -0.2) is 58.0 Å². The lowest BCUT2D eigenvalue weighted by Gasteiger charge is -2.49. The van der Waals surface area contributed by atoms with E-state index in [1.807, 2.05) is 42.0 Å². The van der Waals surface area contributed by atoms with Crippen molar-refractivity contribution >= 4 is 12.0 Å². The number of piperidine rings is 1. The Morgan fingerprint density at radius 3 is 2.55 bits per heavy atom. The lowest BCUT2D eigenvalue weighted by molar-refractivity contribution is -0.139. The van der Waals surface area contributed by atoms with Gasteiger partial charge in [-0.2, -0.15) is 0 Å². The van der Waals surface area contributed by atoms with Crippen LogP contribution in [0.3, 0.4) is 0 Å². The second-order valence-electron chi connectivity index (χ2n) is 10.0. The molecule has 2 aliphatic heterocycles. The highest BCUT2D eigenvalue weighted by atomic mass is 19.2. The third kappa shape index (κ3) is 4.95. The number of ether oxygens (including phenoxy) is 1. The molecular formula is C29H31F3N4O2. The monoisotopic (exact) mass is 524 g/mol. The molecule has 0 bridgehead atoms. The maximum absolute atomic E-state index is 14.2. The molecule has 5 rings (SSSR count). The van der Waals surface area contributed by atoms with Crippen molar-refractivity contribution in [3.63, 3.8) is 0 Å². The Morgan fingerprint density at radius 2 is 1.89 bits per heavy atom. The predicted molar refractivity (Wildman–Crippen MR) is 138 cm³/mol. The lowest BCUT2D eigenvalue weighted by atomic mass is 9.88. The van der Waals surface area contributed by atoms with Crippen molar-refractivity contribution in [1.82, 2.24) is 19.4 Å². The number of methoxy groups -OCH3 is 1. The fourth-order valence-corrected chi connectivity index (χ4v) is 5.60. The molecule has 3 heterocycles. The zero-order chi connectivity index (χ0) is 27.0. The molecule has 2 atom stereocenters. The lowest BCUT2D eigenvalue weighted by Crippen LogP contribution is -2.58. The minimum absolute atomic E-state index is 0.0949. The van der Waals surface area contributed by atoms with Crippen molar-refractivity contribution in [1.29, 1.82) is 0 Å². The van der Waals surface area contributed by atoms with Gasteiger partial charge in [0.05, 0.1) is 30.9 Å². The first-order valence-corrected chi connectivity index (χ1v) is 12.9. The highest BCUT2D eigenvalue weighted by Gasteiger charge is 2.42. The molecule has 0 unspecified atom stereocenters. The van der Waals surface area contributed by atoms with E-state index in [1.165, 1.54) is 0 Å². The van der Waals surface area contributed by atoms with Crippen molar-refractivity contribution in [2.45, 2.75) is 45.2 Å². The number of carbonyl (C=O) groups is 1. The summed E-state index contributed by atoms with van der Waals surface area (Å²) in [5, 5.41) is 0. The number of hydrogen-bond donors (Lipinski definition) is 0. The van der Waals surface area contributed by atoms with Gasteiger partial charge in [0.1, 0.15) is 5.75 Å². The van der Waals surface area contributed by atoms with Gasteiger partial charge in [-0.1, -0.05) is 13.0 Å². The third-order valence-corrected chi connectivity index (χ3v) is 7.35. The fourth-order valence-electron chi connectivity index (χ4n) is 5.60. The zero-order valence-corrected chi connectivity index (χ0v) is 21.8. The van der Waals surface area contributed by atoms with Gasteiger partial charge in [-0.25, -0.2) is 18.2 Å². The molecule has 200 valence electrons. The summed E-state index contributed by atoms with van der Waals surface area (Å²) in [5.74, 6) is -3.52. The molecule has 1 aromatic heterocycles. The van der Waals surface area contributed by atoms with E-state index >= 15 is 0 Å². The Kier molecular flexibility index (Phi) is 7.29. The third-order valence-electron chi connectivity index (χ3n) is 7.35. The summed E-state index contributed by atoms with van der Waals surface area (Å²) in [7, 11) is 1.59. The van der Waals surface area contributed by atoms with E-state index in [1.54, 1.807) is 18.3 Å². The maximum Gasteiger partial charge on any atom is 0.250 e. The summed E-state index contributed by atoms with van der Waals surface area (Å²) < 4.78 is 49.6. The Morgan fingerprint density at radius 1 is 1.13 bits per heavy atom. The number of amides is 1. The molecule has 2 saturated heterocycles. The molecular weight excluding hydrogens is 493 g/mol. The largest absolute Gasteiger partial charge is 0.495 e. The molecule has 0 saturated carbocycles. The van der Waals surface area contributed by atoms with Gasteiger partial charge < -0.3 is 14.2 Å². The highest BCUT2D eigenvalue weighted by molar-refractivity contribution is 5.99. The quantitative estimate of drug-likeness (QED) is 0.318. The Balaban J connectivity index is 1.48. The van der Waals surface area contributed by atoms with Crippen LogP contribution in [0.5, 0.6) is 5.75 Å². The van der Waals surface area contributed by atoms with Crippen LogP contribution in [0.25, 0.3) is 11.8 Å². The first-order chi connectivity index (χ1) is 18.3. The predicted octanol–water partition coefficient (Wildman–Crippen LogP) is 5.45. The van der Waals surface area contributed by atoms with E-state index in [2.05, 4.69) is 16.8 Å². The number of carbonyl (C=O) groups excluding carboxylic acids is 1. The Hall–Kier alpha value is -3.59. The standard InChI is InChI=1S/C29H31F3N4O2/c1-4-9-34-15-22-7-6-20(10-19-5-8-25(27(11-19)38-3)35-14-18(2)33-17-35)29(37)36(22)26(16-34)21-12-23(30)28(32)24(31)13-21/h5,8,10-14,17,22,26H,4,6-7,9,15-16H2,1-3H3/b20-10+/t22-,26-/m0/s1. The highest BCUT2D eigenvalue weighted by Crippen LogP contribution is 2.38. The summed E-state index contributed by atoms with van der Waals surface area (Å²) >= 11 is 0. The van der Waals surface area contributed by atoms with Crippen molar-refractivity contribution < 1.29 is 22.7 Å². The average molecular weight is 525 g/mol. The van der Waals surface area contributed by atoms with Gasteiger partial charge in [-0.3, -0.25) is 9.69 Å². The minimum Gasteiger partial charge on any atom is -0.495 e. The SMILES string of the molecule is CCCN1C[C@@H]2CC/C(=C\c3ccc(-n4cnc(C)c4)c(OC)c3)C(=O)N2[C@H](c2cc(F)c(F)c(F)c2)C1. The number of imidazole rings is 1. The number of aromatic nitrogens is 2. The fraction of sp³-hybridized carbons (Fsp3) is 0.379. The van der Waals surface area contributed by atoms with Gasteiger partial charge in [-0.05, 0) is 74.2 Å². The van der Waals surface area contributed by atoms with Crippen molar-refractivity contribution in [2.75, 3.05) is 26.7 Å². The maximum atomic E-state index is 14.2. The number of rotatable bonds is 6. The molecule has 1 amide bonds. The Labute approximate surface area is 220 Å². The smallest absolute Gasteiger partial charge is 0.250 e. The van der Waals surface area contributed by atoms with Crippen LogP contribution in [0.1, 0.15) is 49.0 Å². The van der Waals surface area contributed by atoms with Crippen LogP contribution in [0, 0.1) is 24.4 Å². The van der Waals surface area contributed by atoms with Crippen LogP contribution < -0.4 is 4.74 Å². The van der Waals surface area contributed by atoms with Gasteiger partial charge in [0.2, 0.25) is 0 Å². The van der Waals surface area contributed by atoms with E-state index < -0.39 is 23.5 Å². The number of aryl methyl sites for hydroxylation is 1. The molecule has 2 aromatic carbocycles. The normalized spacial score (nSPS) is 21.2. The van der Waals surface area contributed by atoms with E-state index in [9.17, 15) is 18.0 Å². The van der Waals surface area contributed by atoms with Gasteiger partial charge in [-0.15, -0.1) is 0 Å². The number of fused-ring (bicyclic) bond motifs is 1. The summed E-state index contributed by atoms with van der Waals surface area (Å²) in [6.07, 6.45) is 7.70. The van der Waals surface area contributed by atoms with Crippen LogP contribution in [-0.2, 0) is 4.79 Å². The summed E-state index contributed by atoms with van der Waals surface area (Å²) in [6, 6.07) is 7.06. The molecule has 6 nitrogen and oxygen atoms in total. The summed E-state index contributed by atoms with van der Waals surface area (Å²) in [4.78, 5) is 22.1. The number of piperazine rings is 1. The first-order valence-electron chi connectivity index (χ1n) is 12.9. The molecule has 0 aliphatic carbocycles. The molecule has 3 aromatic rings. The van der Waals surface area contributed by atoms with Crippen LogP contribution in [0.2, 0.25) is 0 Å². The van der Waals surface area contributed by atoms with Crippen molar-refractivity contribution in [3.8, 4) is 11.4 Å². The second kappa shape index (κ2) is 10.6. The summed E-state index contributed by atoms with van der Waals surface area (Å²) in [5.41, 5.74) is 3.41. The first kappa shape index (κ1) is 26.0. The van der Waals surface area contributed by atoms with E-state index in [-0.39, 0.29) is 17.5 Å². The van der Waals surface area contributed by atoms with Crippen LogP contribution in [0.15, 0.2) is 48.4 Å². The van der Waals surface area contributed by atoms with E-state index in [0.29, 0.717) is 30.8 Å². The molecule has 0 N–H and O–H groups in total. The zero-order valence-electron chi connectivity index (χ0n) is 21.8. The molecule has 2 fully saturated rings. The molecule has 0 spiro atoms. The van der Waals surface area contributed by atoms with Crippen LogP contribution >= 0.6 is 0 Å². The van der Waals surface area contributed by atoms with Crippen molar-refractivity contribution in [3.05, 3.63) is 82.7 Å². The van der Waals surface area contributed by atoms with Gasteiger partial charge in [0, 0.05) is 30.9 Å². The van der Waals surface area contributed by atoms with Gasteiger partial charge >= 0.3 is 0 Å². The number of benzene rings is 2. The summed E-state index contributed by atoms with van der Waals surface area (Å²) in [6.45, 7) is 5.92. The van der Waals surface area contributed by atoms with E-state index in [0.717, 1.165) is 48.5 Å². The molecule has 2 aliphatic rings. The van der Waals surface area contributed by atoms with Crippen molar-refractivity contribution in [2.24, 2.45) is 0 Å². The molecule has 0 radical (unpaired) electrons. The minimum atomic E-state index is -1.50. The second-order valence-corrected chi connectivity index (χ2v) is 10.0. The van der Waals surface area contributed by atoms with E-state index in [4.69, 9.17) is 4.74 Å². The topological polar surface area (TPSA) is 50.6 Å². The number of nitrogens with zero attached hydrogens (tertiary/aromatic N) is 4. The van der Waals surface area contributed by atoms with Crippen LogP contribution in [0.4, 0.5) is 13.2 Å². The average Bonchev–Trinajstić information content (AvgIpc) is 3.34. The molecule has 9 heteroatoms.